The van der Waals surface area contributed by atoms with E-state index >= 15 is 0 Å². The average Bonchev–Trinajstić information content (AvgIpc) is 2.74. The molecule has 1 aromatic carbocycles. The number of alkyl carbamates (subject to hydrolysis) is 1. The van der Waals surface area contributed by atoms with Crippen LogP contribution in [0.25, 0.3) is 0 Å². The minimum absolute atomic E-state index is 0.112. The molecule has 4 amide bonds. The Morgan fingerprint density at radius 3 is 2.21 bits per heavy atom. The van der Waals surface area contributed by atoms with Crippen molar-refractivity contribution in [1.29, 1.82) is 0 Å². The number of primary amides is 1. The van der Waals surface area contributed by atoms with Gasteiger partial charge in [-0.3, -0.25) is 14.4 Å². The summed E-state index contributed by atoms with van der Waals surface area (Å²) in [6.07, 6.45) is 1.88. The monoisotopic (exact) mass is 534 g/mol. The smallest absolute Gasteiger partial charge is 0.408 e. The van der Waals surface area contributed by atoms with Gasteiger partial charge in [-0.25, -0.2) is 4.79 Å². The van der Waals surface area contributed by atoms with Crippen molar-refractivity contribution >= 4 is 23.8 Å². The molecular formula is C28H46N4O6. The van der Waals surface area contributed by atoms with E-state index in [0.717, 1.165) is 19.3 Å². The third kappa shape index (κ3) is 11.0. The van der Waals surface area contributed by atoms with E-state index in [1.54, 1.807) is 45.9 Å². The largest absolute Gasteiger partial charge is 0.507 e. The Bertz CT molecular complexity index is 981. The molecule has 0 aliphatic carbocycles. The van der Waals surface area contributed by atoms with E-state index < -0.39 is 53.5 Å². The number of benzene rings is 1. The second-order valence-electron chi connectivity index (χ2n) is 11.6. The maximum Gasteiger partial charge on any atom is 0.408 e. The van der Waals surface area contributed by atoms with Crippen LogP contribution < -0.4 is 16.4 Å². The summed E-state index contributed by atoms with van der Waals surface area (Å²) < 4.78 is 5.29. The molecule has 0 spiro atoms. The molecule has 2 unspecified atom stereocenters. The average molecular weight is 535 g/mol. The standard InChI is InChI=1S/C28H46N4O6/c1-9-10-11-12-16-32(25(36)20(17-21(29)33)30-26(37)38-28(6,7)8)22(24(35)31-27(3,4)5)19-15-13-14-18(2)23(19)34/h13-15,20,22,34H,9-12,16-17H2,1-8H3,(H2,29,33)(H,30,37)(H,31,35). The second kappa shape index (κ2) is 14.0. The van der Waals surface area contributed by atoms with Crippen molar-refractivity contribution in [2.45, 2.75) is 111 Å². The third-order valence-electron chi connectivity index (χ3n) is 5.55. The lowest BCUT2D eigenvalue weighted by atomic mass is 9.97. The van der Waals surface area contributed by atoms with Crippen molar-refractivity contribution in [2.24, 2.45) is 5.73 Å². The van der Waals surface area contributed by atoms with Gasteiger partial charge in [-0.1, -0.05) is 44.4 Å². The van der Waals surface area contributed by atoms with E-state index in [1.165, 1.54) is 4.90 Å². The van der Waals surface area contributed by atoms with Crippen LogP contribution in [0.2, 0.25) is 0 Å². The number of hydrogen-bond donors (Lipinski definition) is 4. The molecule has 5 N–H and O–H groups in total. The molecule has 38 heavy (non-hydrogen) atoms. The summed E-state index contributed by atoms with van der Waals surface area (Å²) >= 11 is 0. The zero-order valence-electron chi connectivity index (χ0n) is 24.1. The summed E-state index contributed by atoms with van der Waals surface area (Å²) in [7, 11) is 0. The molecule has 0 aromatic heterocycles. The van der Waals surface area contributed by atoms with E-state index in [1.807, 2.05) is 20.8 Å². The molecule has 0 fully saturated rings. The Morgan fingerprint density at radius 1 is 1.05 bits per heavy atom. The van der Waals surface area contributed by atoms with E-state index in [2.05, 4.69) is 17.6 Å². The normalized spacial score (nSPS) is 13.3. The number of nitrogens with one attached hydrogen (secondary N) is 2. The Hall–Kier alpha value is -3.30. The predicted molar refractivity (Wildman–Crippen MR) is 146 cm³/mol. The molecule has 0 radical (unpaired) electrons. The highest BCUT2D eigenvalue weighted by Crippen LogP contribution is 2.33. The number of hydrogen-bond acceptors (Lipinski definition) is 6. The molecule has 2 atom stereocenters. The highest BCUT2D eigenvalue weighted by molar-refractivity contribution is 5.95. The Morgan fingerprint density at radius 2 is 1.68 bits per heavy atom. The van der Waals surface area contributed by atoms with Crippen LogP contribution in [0.5, 0.6) is 5.75 Å². The number of amides is 4. The molecule has 10 nitrogen and oxygen atoms in total. The van der Waals surface area contributed by atoms with Crippen LogP contribution in [0.15, 0.2) is 18.2 Å². The quantitative estimate of drug-likeness (QED) is 0.299. The van der Waals surface area contributed by atoms with Crippen LogP contribution in [0.3, 0.4) is 0 Å². The van der Waals surface area contributed by atoms with Gasteiger partial charge in [0.1, 0.15) is 23.4 Å². The van der Waals surface area contributed by atoms with E-state index in [4.69, 9.17) is 10.5 Å². The van der Waals surface area contributed by atoms with E-state index in [0.29, 0.717) is 12.0 Å². The van der Waals surface area contributed by atoms with E-state index in [9.17, 15) is 24.3 Å². The van der Waals surface area contributed by atoms with Crippen molar-refractivity contribution in [3.05, 3.63) is 29.3 Å². The van der Waals surface area contributed by atoms with Crippen LogP contribution in [0, 0.1) is 6.92 Å². The van der Waals surface area contributed by atoms with Gasteiger partial charge in [0.05, 0.1) is 6.42 Å². The number of nitrogens with zero attached hydrogens (tertiary/aromatic N) is 1. The Labute approximate surface area is 226 Å². The number of nitrogens with two attached hydrogens (primary N) is 1. The summed E-state index contributed by atoms with van der Waals surface area (Å²) in [5.41, 5.74) is 4.73. The van der Waals surface area contributed by atoms with Gasteiger partial charge in [0.2, 0.25) is 17.7 Å². The van der Waals surface area contributed by atoms with Gasteiger partial charge in [-0.05, 0) is 60.5 Å². The Balaban J connectivity index is 3.62. The van der Waals surface area contributed by atoms with Crippen molar-refractivity contribution in [3.8, 4) is 5.75 Å². The molecule has 214 valence electrons. The van der Waals surface area contributed by atoms with Crippen molar-refractivity contribution in [2.75, 3.05) is 6.54 Å². The molecule has 10 heteroatoms. The van der Waals surface area contributed by atoms with Crippen molar-refractivity contribution in [3.63, 3.8) is 0 Å². The zero-order chi connectivity index (χ0) is 29.3. The number of aromatic hydroxyl groups is 1. The van der Waals surface area contributed by atoms with Gasteiger partial charge in [0, 0.05) is 17.6 Å². The third-order valence-corrected chi connectivity index (χ3v) is 5.55. The van der Waals surface area contributed by atoms with Crippen LogP contribution in [0.4, 0.5) is 4.79 Å². The van der Waals surface area contributed by atoms with Crippen molar-refractivity contribution in [1.82, 2.24) is 15.5 Å². The summed E-state index contributed by atoms with van der Waals surface area (Å²) in [6, 6.07) is 2.39. The molecular weight excluding hydrogens is 488 g/mol. The lowest BCUT2D eigenvalue weighted by molar-refractivity contribution is -0.144. The van der Waals surface area contributed by atoms with Crippen LogP contribution in [-0.4, -0.2) is 57.5 Å². The fourth-order valence-electron chi connectivity index (χ4n) is 3.92. The zero-order valence-corrected chi connectivity index (χ0v) is 24.1. The maximum atomic E-state index is 14.0. The lowest BCUT2D eigenvalue weighted by Gasteiger charge is -2.36. The molecule has 1 aromatic rings. The molecule has 0 saturated carbocycles. The first-order valence-electron chi connectivity index (χ1n) is 13.2. The van der Waals surface area contributed by atoms with Gasteiger partial charge in [-0.15, -0.1) is 0 Å². The van der Waals surface area contributed by atoms with Crippen LogP contribution >= 0.6 is 0 Å². The minimum Gasteiger partial charge on any atom is -0.507 e. The fourth-order valence-corrected chi connectivity index (χ4v) is 3.92. The number of aryl methyl sites for hydroxylation is 1. The second-order valence-corrected chi connectivity index (χ2v) is 11.6. The molecule has 0 bridgehead atoms. The SMILES string of the molecule is CCCCCCN(C(=O)C(CC(N)=O)NC(=O)OC(C)(C)C)C(C(=O)NC(C)(C)C)c1cccc(C)c1O. The van der Waals surface area contributed by atoms with Gasteiger partial charge < -0.3 is 31.1 Å². The number of phenols is 1. The van der Waals surface area contributed by atoms with Gasteiger partial charge in [0.25, 0.3) is 0 Å². The summed E-state index contributed by atoms with van der Waals surface area (Å²) in [4.78, 5) is 53.5. The van der Waals surface area contributed by atoms with Gasteiger partial charge in [-0.2, -0.15) is 0 Å². The highest BCUT2D eigenvalue weighted by Gasteiger charge is 2.39. The number of ether oxygens (including phenoxy) is 1. The van der Waals surface area contributed by atoms with Crippen LogP contribution in [0.1, 0.15) is 97.7 Å². The highest BCUT2D eigenvalue weighted by atomic mass is 16.6. The van der Waals surface area contributed by atoms with Crippen molar-refractivity contribution < 1.29 is 29.0 Å². The lowest BCUT2D eigenvalue weighted by Crippen LogP contribution is -2.55. The maximum absolute atomic E-state index is 14.0. The fraction of sp³-hybridized carbons (Fsp3) is 0.643. The number of para-hydroxylation sites is 1. The number of carbonyl (C=O) groups excluding carboxylic acids is 4. The molecule has 0 aliphatic heterocycles. The van der Waals surface area contributed by atoms with E-state index in [-0.39, 0.29) is 17.9 Å². The summed E-state index contributed by atoms with van der Waals surface area (Å²) in [6.45, 7) is 14.4. The molecule has 0 saturated heterocycles. The number of rotatable bonds is 12. The van der Waals surface area contributed by atoms with Crippen LogP contribution in [-0.2, 0) is 19.1 Å². The summed E-state index contributed by atoms with van der Waals surface area (Å²) in [5.74, 6) is -2.10. The number of unbranched alkanes of at least 4 members (excludes halogenated alkanes) is 3. The summed E-state index contributed by atoms with van der Waals surface area (Å²) in [5, 5.41) is 16.3. The van der Waals surface area contributed by atoms with Gasteiger partial charge >= 0.3 is 6.09 Å². The first-order valence-corrected chi connectivity index (χ1v) is 13.2. The minimum atomic E-state index is -1.37. The molecule has 0 aliphatic rings. The Kier molecular flexibility index (Phi) is 12.1. The predicted octanol–water partition coefficient (Wildman–Crippen LogP) is 3.83. The molecule has 0 heterocycles. The molecule has 1 rings (SSSR count). The number of carbonyl (C=O) groups is 4. The first kappa shape index (κ1) is 32.7. The first-order chi connectivity index (χ1) is 17.5. The topological polar surface area (TPSA) is 151 Å². The van der Waals surface area contributed by atoms with Gasteiger partial charge in [0.15, 0.2) is 0 Å². The number of phenolic OH excluding ortho intramolecular Hbond substituents is 1.